The van der Waals surface area contributed by atoms with Crippen LogP contribution in [0.25, 0.3) is 0 Å². The Bertz CT molecular complexity index is 276. The number of halogens is 1. The molecule has 0 aliphatic heterocycles. The molecule has 1 nitrogen and oxygen atoms in total. The Morgan fingerprint density at radius 3 is 2.67 bits per heavy atom. The van der Waals surface area contributed by atoms with Gasteiger partial charge in [0, 0.05) is 4.88 Å². The maximum atomic E-state index is 9.91. The number of unbranched alkanes of at least 4 members (excludes halogenated alkanes) is 3. The van der Waals surface area contributed by atoms with Gasteiger partial charge in [-0.1, -0.05) is 44.2 Å². The van der Waals surface area contributed by atoms with Crippen molar-refractivity contribution in [2.24, 2.45) is 0 Å². The Labute approximate surface area is 101 Å². The largest absolute Gasteiger partial charge is 0.388 e. The summed E-state index contributed by atoms with van der Waals surface area (Å²) in [5.74, 6) is 0. The van der Waals surface area contributed by atoms with Gasteiger partial charge in [0.2, 0.25) is 0 Å². The molecule has 0 radical (unpaired) electrons. The second-order valence-corrected chi connectivity index (χ2v) is 5.66. The van der Waals surface area contributed by atoms with Crippen LogP contribution in [0.4, 0.5) is 0 Å². The van der Waals surface area contributed by atoms with Crippen LogP contribution in [-0.4, -0.2) is 5.11 Å². The Morgan fingerprint density at radius 1 is 1.40 bits per heavy atom. The second-order valence-electron chi connectivity index (χ2n) is 3.97. The predicted octanol–water partition coefficient (Wildman–Crippen LogP) is 4.71. The lowest BCUT2D eigenvalue weighted by molar-refractivity contribution is 0.167. The number of aliphatic hydroxyl groups is 1. The summed E-state index contributed by atoms with van der Waals surface area (Å²) in [6.07, 6.45) is 5.35. The third kappa shape index (κ3) is 4.13. The van der Waals surface area contributed by atoms with Gasteiger partial charge in [0.05, 0.1) is 10.4 Å². The van der Waals surface area contributed by atoms with Crippen LogP contribution in [-0.2, 0) is 0 Å². The van der Waals surface area contributed by atoms with Gasteiger partial charge in [0.15, 0.2) is 0 Å². The van der Waals surface area contributed by atoms with Crippen molar-refractivity contribution in [3.05, 3.63) is 20.8 Å². The minimum atomic E-state index is -0.321. The van der Waals surface area contributed by atoms with Crippen molar-refractivity contribution in [3.8, 4) is 0 Å². The summed E-state index contributed by atoms with van der Waals surface area (Å²) in [5, 5.41) is 9.91. The molecule has 0 bridgehead atoms. The molecule has 0 saturated carbocycles. The molecule has 1 unspecified atom stereocenters. The molecular weight excluding hydrogens is 228 g/mol. The van der Waals surface area contributed by atoms with E-state index < -0.39 is 0 Å². The van der Waals surface area contributed by atoms with Crippen LogP contribution < -0.4 is 0 Å². The number of aryl methyl sites for hydroxylation is 1. The molecule has 3 heteroatoms. The van der Waals surface area contributed by atoms with Crippen molar-refractivity contribution in [1.82, 2.24) is 0 Å². The average Bonchev–Trinajstić information content (AvgIpc) is 2.54. The molecule has 1 heterocycles. The van der Waals surface area contributed by atoms with Gasteiger partial charge in [-0.3, -0.25) is 0 Å². The average molecular weight is 247 g/mol. The molecule has 0 saturated heterocycles. The van der Waals surface area contributed by atoms with E-state index in [0.29, 0.717) is 0 Å². The van der Waals surface area contributed by atoms with Crippen molar-refractivity contribution in [1.29, 1.82) is 0 Å². The highest BCUT2D eigenvalue weighted by molar-refractivity contribution is 7.16. The van der Waals surface area contributed by atoms with Crippen LogP contribution in [0, 0.1) is 6.92 Å². The molecule has 0 amide bonds. The highest BCUT2D eigenvalue weighted by Crippen LogP contribution is 2.32. The van der Waals surface area contributed by atoms with Crippen LogP contribution in [0.2, 0.25) is 4.34 Å². The molecule has 86 valence electrons. The predicted molar refractivity (Wildman–Crippen MR) is 67.8 cm³/mol. The third-order valence-corrected chi connectivity index (χ3v) is 4.19. The van der Waals surface area contributed by atoms with E-state index in [1.165, 1.54) is 30.6 Å². The van der Waals surface area contributed by atoms with Crippen LogP contribution >= 0.6 is 22.9 Å². The van der Waals surface area contributed by atoms with Gasteiger partial charge < -0.3 is 5.11 Å². The number of aliphatic hydroxyl groups excluding tert-OH is 1. The smallest absolute Gasteiger partial charge is 0.0961 e. The Morgan fingerprint density at radius 2 is 2.13 bits per heavy atom. The number of hydrogen-bond donors (Lipinski definition) is 1. The summed E-state index contributed by atoms with van der Waals surface area (Å²) in [4.78, 5) is 1.01. The lowest BCUT2D eigenvalue weighted by atomic mass is 10.1. The van der Waals surface area contributed by atoms with E-state index in [2.05, 4.69) is 6.92 Å². The minimum absolute atomic E-state index is 0.321. The van der Waals surface area contributed by atoms with Crippen molar-refractivity contribution in [2.75, 3.05) is 0 Å². The van der Waals surface area contributed by atoms with Crippen molar-refractivity contribution in [3.63, 3.8) is 0 Å². The van der Waals surface area contributed by atoms with Crippen LogP contribution in [0.3, 0.4) is 0 Å². The van der Waals surface area contributed by atoms with E-state index >= 15 is 0 Å². The van der Waals surface area contributed by atoms with Crippen molar-refractivity contribution in [2.45, 2.75) is 52.1 Å². The fraction of sp³-hybridized carbons (Fsp3) is 0.667. The Kier molecular flexibility index (Phi) is 5.65. The molecule has 1 rings (SSSR count). The summed E-state index contributed by atoms with van der Waals surface area (Å²) in [7, 11) is 0. The van der Waals surface area contributed by atoms with Crippen molar-refractivity contribution < 1.29 is 5.11 Å². The second kappa shape index (κ2) is 6.51. The molecule has 0 aliphatic carbocycles. The first-order chi connectivity index (χ1) is 7.15. The van der Waals surface area contributed by atoms with E-state index in [9.17, 15) is 5.11 Å². The first kappa shape index (κ1) is 13.0. The zero-order valence-corrected chi connectivity index (χ0v) is 11.0. The molecule has 0 aliphatic rings. The summed E-state index contributed by atoms with van der Waals surface area (Å²) < 4.78 is 0.803. The molecule has 0 spiro atoms. The molecule has 1 aromatic heterocycles. The van der Waals surface area contributed by atoms with Gasteiger partial charge in [0.25, 0.3) is 0 Å². The number of hydrogen-bond acceptors (Lipinski definition) is 2. The molecule has 1 aromatic rings. The van der Waals surface area contributed by atoms with Gasteiger partial charge >= 0.3 is 0 Å². The molecule has 15 heavy (non-hydrogen) atoms. The zero-order valence-electron chi connectivity index (χ0n) is 9.42. The monoisotopic (exact) mass is 246 g/mol. The standard InChI is InChI=1S/C12H19ClOS/c1-3-4-5-6-7-10(14)11-8-9(2)12(13)15-11/h8,10,14H,3-7H2,1-2H3. The lowest BCUT2D eigenvalue weighted by Crippen LogP contribution is -1.94. The van der Waals surface area contributed by atoms with Gasteiger partial charge in [-0.05, 0) is 25.0 Å². The van der Waals surface area contributed by atoms with Crippen LogP contribution in [0.15, 0.2) is 6.07 Å². The summed E-state index contributed by atoms with van der Waals surface area (Å²) in [5.41, 5.74) is 1.07. The molecular formula is C12H19ClOS. The topological polar surface area (TPSA) is 20.2 Å². The first-order valence-corrected chi connectivity index (χ1v) is 6.78. The SMILES string of the molecule is CCCCCCC(O)c1cc(C)c(Cl)s1. The molecule has 0 fully saturated rings. The summed E-state index contributed by atoms with van der Waals surface area (Å²) >= 11 is 7.47. The van der Waals surface area contributed by atoms with Crippen molar-refractivity contribution >= 4 is 22.9 Å². The van der Waals surface area contributed by atoms with E-state index in [1.54, 1.807) is 0 Å². The molecule has 1 N–H and O–H groups in total. The lowest BCUT2D eigenvalue weighted by Gasteiger charge is -2.07. The zero-order chi connectivity index (χ0) is 11.3. The number of thiophene rings is 1. The fourth-order valence-corrected chi connectivity index (χ4v) is 2.79. The van der Waals surface area contributed by atoms with E-state index in [1.807, 2.05) is 13.0 Å². The third-order valence-electron chi connectivity index (χ3n) is 2.54. The maximum absolute atomic E-state index is 9.91. The van der Waals surface area contributed by atoms with Crippen LogP contribution in [0.1, 0.15) is 55.6 Å². The first-order valence-electron chi connectivity index (χ1n) is 5.59. The maximum Gasteiger partial charge on any atom is 0.0961 e. The van der Waals surface area contributed by atoms with Gasteiger partial charge in [-0.2, -0.15) is 0 Å². The van der Waals surface area contributed by atoms with E-state index in [0.717, 1.165) is 27.6 Å². The summed E-state index contributed by atoms with van der Waals surface area (Å²) in [6.45, 7) is 4.17. The quantitative estimate of drug-likeness (QED) is 0.721. The minimum Gasteiger partial charge on any atom is -0.388 e. The van der Waals surface area contributed by atoms with E-state index in [4.69, 9.17) is 11.6 Å². The highest BCUT2D eigenvalue weighted by atomic mass is 35.5. The fourth-order valence-electron chi connectivity index (χ4n) is 1.55. The normalized spacial score (nSPS) is 13.1. The van der Waals surface area contributed by atoms with Crippen LogP contribution in [0.5, 0.6) is 0 Å². The Balaban J connectivity index is 2.36. The molecule has 0 aromatic carbocycles. The van der Waals surface area contributed by atoms with Gasteiger partial charge in [0.1, 0.15) is 0 Å². The van der Waals surface area contributed by atoms with E-state index in [-0.39, 0.29) is 6.10 Å². The highest BCUT2D eigenvalue weighted by Gasteiger charge is 2.11. The summed E-state index contributed by atoms with van der Waals surface area (Å²) in [6, 6.07) is 2.00. The Hall–Kier alpha value is -0.0500. The van der Waals surface area contributed by atoms with Gasteiger partial charge in [-0.15, -0.1) is 11.3 Å². The number of rotatable bonds is 6. The van der Waals surface area contributed by atoms with Gasteiger partial charge in [-0.25, -0.2) is 0 Å². The molecule has 1 atom stereocenters.